The number of aromatic amines is 1. The van der Waals surface area contributed by atoms with Crippen LogP contribution < -0.4 is 15.5 Å². The number of H-pyrrole nitrogens is 1. The fourth-order valence-corrected chi connectivity index (χ4v) is 3.17. The molecule has 2 aromatic heterocycles. The Morgan fingerprint density at radius 3 is 2.47 bits per heavy atom. The van der Waals surface area contributed by atoms with E-state index in [1.165, 1.54) is 0 Å². The van der Waals surface area contributed by atoms with Crippen LogP contribution in [0.25, 0.3) is 11.0 Å². The fraction of sp³-hybridized carbons (Fsp3) is 0.0870. The average molecular weight is 399 g/mol. The minimum Gasteiger partial charge on any atom is -0.378 e. The second-order valence-corrected chi connectivity index (χ2v) is 7.03. The Kier molecular flexibility index (Phi) is 5.17. The van der Waals surface area contributed by atoms with Crippen LogP contribution in [0.1, 0.15) is 15.9 Å². The quantitative estimate of drug-likeness (QED) is 0.431. The van der Waals surface area contributed by atoms with Crippen LogP contribution in [0, 0.1) is 0 Å². The van der Waals surface area contributed by atoms with Crippen molar-refractivity contribution in [3.63, 3.8) is 0 Å². The number of urea groups is 1. The van der Waals surface area contributed by atoms with Gasteiger partial charge in [-0.25, -0.2) is 9.78 Å². The molecule has 30 heavy (non-hydrogen) atoms. The normalized spacial score (nSPS) is 10.6. The largest absolute Gasteiger partial charge is 0.378 e. The summed E-state index contributed by atoms with van der Waals surface area (Å²) in [6, 6.07) is 17.6. The molecule has 2 heterocycles. The lowest BCUT2D eigenvalue weighted by molar-refractivity contribution is 0.104. The molecule has 0 spiro atoms. The van der Waals surface area contributed by atoms with Crippen LogP contribution in [0.2, 0.25) is 0 Å². The van der Waals surface area contributed by atoms with E-state index in [1.807, 2.05) is 49.3 Å². The molecule has 0 atom stereocenters. The first-order valence-electron chi connectivity index (χ1n) is 9.43. The lowest BCUT2D eigenvalue weighted by atomic mass is 10.0. The number of pyridine rings is 1. The molecule has 0 unspecified atom stereocenters. The maximum atomic E-state index is 13.0. The van der Waals surface area contributed by atoms with Crippen LogP contribution in [-0.2, 0) is 0 Å². The van der Waals surface area contributed by atoms with Crippen molar-refractivity contribution in [2.75, 3.05) is 29.6 Å². The van der Waals surface area contributed by atoms with Gasteiger partial charge in [-0.1, -0.05) is 12.1 Å². The molecule has 3 N–H and O–H groups in total. The van der Waals surface area contributed by atoms with Gasteiger partial charge in [-0.3, -0.25) is 4.79 Å². The summed E-state index contributed by atoms with van der Waals surface area (Å²) in [4.78, 5) is 34.5. The number of amides is 2. The zero-order valence-corrected chi connectivity index (χ0v) is 16.6. The molecule has 4 rings (SSSR count). The van der Waals surface area contributed by atoms with Gasteiger partial charge < -0.3 is 20.5 Å². The van der Waals surface area contributed by atoms with Crippen molar-refractivity contribution in [1.82, 2.24) is 9.97 Å². The van der Waals surface area contributed by atoms with E-state index >= 15 is 0 Å². The zero-order valence-electron chi connectivity index (χ0n) is 16.6. The lowest BCUT2D eigenvalue weighted by Crippen LogP contribution is -2.19. The minimum absolute atomic E-state index is 0.141. The number of nitrogens with one attached hydrogen (secondary N) is 3. The van der Waals surface area contributed by atoms with Gasteiger partial charge in [-0.2, -0.15) is 0 Å². The van der Waals surface area contributed by atoms with Crippen molar-refractivity contribution < 1.29 is 9.59 Å². The maximum Gasteiger partial charge on any atom is 0.323 e. The molecule has 0 radical (unpaired) electrons. The van der Waals surface area contributed by atoms with Crippen molar-refractivity contribution in [3.8, 4) is 0 Å². The van der Waals surface area contributed by atoms with Gasteiger partial charge >= 0.3 is 6.03 Å². The molecule has 0 saturated heterocycles. The first kappa shape index (κ1) is 19.2. The van der Waals surface area contributed by atoms with E-state index in [-0.39, 0.29) is 11.8 Å². The Morgan fingerprint density at radius 2 is 1.70 bits per heavy atom. The summed E-state index contributed by atoms with van der Waals surface area (Å²) in [5, 5.41) is 6.33. The molecule has 0 aliphatic heterocycles. The predicted octanol–water partition coefficient (Wildman–Crippen LogP) is 4.50. The third-order valence-electron chi connectivity index (χ3n) is 4.72. The van der Waals surface area contributed by atoms with Crippen molar-refractivity contribution >= 4 is 39.9 Å². The van der Waals surface area contributed by atoms with Crippen LogP contribution in [0.15, 0.2) is 73.1 Å². The van der Waals surface area contributed by atoms with Gasteiger partial charge in [-0.15, -0.1) is 0 Å². The Hall–Kier alpha value is -4.13. The van der Waals surface area contributed by atoms with Crippen LogP contribution >= 0.6 is 0 Å². The summed E-state index contributed by atoms with van der Waals surface area (Å²) in [5.74, 6) is -0.141. The summed E-state index contributed by atoms with van der Waals surface area (Å²) in [7, 11) is 3.91. The molecule has 2 aromatic carbocycles. The number of anilines is 3. The van der Waals surface area contributed by atoms with E-state index in [1.54, 1.807) is 42.7 Å². The highest BCUT2D eigenvalue weighted by atomic mass is 16.2. The molecule has 0 bridgehead atoms. The lowest BCUT2D eigenvalue weighted by Gasteiger charge is -2.13. The molecule has 150 valence electrons. The van der Waals surface area contributed by atoms with E-state index in [0.29, 0.717) is 28.1 Å². The number of aromatic nitrogens is 2. The maximum absolute atomic E-state index is 13.0. The van der Waals surface area contributed by atoms with E-state index in [4.69, 9.17) is 0 Å². The third-order valence-corrected chi connectivity index (χ3v) is 4.72. The summed E-state index contributed by atoms with van der Waals surface area (Å²) >= 11 is 0. The standard InChI is InChI=1S/C23H21N5O2/c1-28(2)18-10-8-16(9-11-18)26-23(30)27-17-6-3-5-15(13-17)21(29)20-14-25-22-19(20)7-4-12-24-22/h3-14H,1-2H3,(H,24,25)(H2,26,27,30). The van der Waals surface area contributed by atoms with Crippen molar-refractivity contribution in [2.24, 2.45) is 0 Å². The number of hydrogen-bond acceptors (Lipinski definition) is 4. The summed E-state index contributed by atoms with van der Waals surface area (Å²) in [6.45, 7) is 0. The van der Waals surface area contributed by atoms with Crippen molar-refractivity contribution in [2.45, 2.75) is 0 Å². The molecular weight excluding hydrogens is 378 g/mol. The number of hydrogen-bond donors (Lipinski definition) is 3. The molecule has 7 heteroatoms. The van der Waals surface area contributed by atoms with Crippen LogP contribution in [0.4, 0.5) is 21.9 Å². The fourth-order valence-electron chi connectivity index (χ4n) is 3.17. The van der Waals surface area contributed by atoms with Gasteiger partial charge in [-0.05, 0) is 48.5 Å². The van der Waals surface area contributed by atoms with Gasteiger partial charge in [0.05, 0.1) is 0 Å². The van der Waals surface area contributed by atoms with Gasteiger partial charge in [0, 0.05) is 60.1 Å². The molecular formula is C23H21N5O2. The Morgan fingerprint density at radius 1 is 0.933 bits per heavy atom. The molecule has 0 fully saturated rings. The number of rotatable bonds is 5. The number of ketones is 1. The molecule has 0 aliphatic carbocycles. The Balaban J connectivity index is 1.48. The number of benzene rings is 2. The SMILES string of the molecule is CN(C)c1ccc(NC(=O)Nc2cccc(C(=O)c3c[nH]c4ncccc34)c2)cc1. The number of carbonyl (C=O) groups is 2. The van der Waals surface area contributed by atoms with Gasteiger partial charge in [0.1, 0.15) is 5.65 Å². The Bertz CT molecular complexity index is 1210. The molecule has 7 nitrogen and oxygen atoms in total. The summed E-state index contributed by atoms with van der Waals surface area (Å²) < 4.78 is 0. The average Bonchev–Trinajstić information content (AvgIpc) is 3.18. The van der Waals surface area contributed by atoms with Crippen LogP contribution in [0.5, 0.6) is 0 Å². The molecule has 4 aromatic rings. The van der Waals surface area contributed by atoms with Crippen LogP contribution in [0.3, 0.4) is 0 Å². The number of carbonyl (C=O) groups excluding carboxylic acids is 2. The first-order valence-corrected chi connectivity index (χ1v) is 9.43. The summed E-state index contributed by atoms with van der Waals surface area (Å²) in [5.41, 5.74) is 3.93. The highest BCUT2D eigenvalue weighted by Gasteiger charge is 2.15. The van der Waals surface area contributed by atoms with Crippen molar-refractivity contribution in [1.29, 1.82) is 0 Å². The minimum atomic E-state index is -0.381. The highest BCUT2D eigenvalue weighted by Crippen LogP contribution is 2.21. The van der Waals surface area contributed by atoms with Gasteiger partial charge in [0.25, 0.3) is 0 Å². The smallest absolute Gasteiger partial charge is 0.323 e. The second kappa shape index (κ2) is 8.08. The highest BCUT2D eigenvalue weighted by molar-refractivity contribution is 6.16. The van der Waals surface area contributed by atoms with Crippen LogP contribution in [-0.4, -0.2) is 35.9 Å². The summed E-state index contributed by atoms with van der Waals surface area (Å²) in [6.07, 6.45) is 3.33. The number of nitrogens with zero attached hydrogens (tertiary/aromatic N) is 2. The van der Waals surface area contributed by atoms with Crippen molar-refractivity contribution in [3.05, 3.63) is 84.2 Å². The van der Waals surface area contributed by atoms with E-state index in [0.717, 1.165) is 11.1 Å². The molecule has 0 saturated carbocycles. The van der Waals surface area contributed by atoms with E-state index < -0.39 is 0 Å². The topological polar surface area (TPSA) is 90.1 Å². The third kappa shape index (κ3) is 4.00. The monoisotopic (exact) mass is 399 g/mol. The first-order chi connectivity index (χ1) is 14.5. The Labute approximate surface area is 173 Å². The molecule has 0 aliphatic rings. The van der Waals surface area contributed by atoms with Gasteiger partial charge in [0.15, 0.2) is 5.78 Å². The van der Waals surface area contributed by atoms with Gasteiger partial charge in [0.2, 0.25) is 0 Å². The molecule has 2 amide bonds. The second-order valence-electron chi connectivity index (χ2n) is 7.03. The van der Waals surface area contributed by atoms with E-state index in [9.17, 15) is 9.59 Å². The number of fused-ring (bicyclic) bond motifs is 1. The van der Waals surface area contributed by atoms with E-state index in [2.05, 4.69) is 20.6 Å². The zero-order chi connectivity index (χ0) is 21.1. The predicted molar refractivity (Wildman–Crippen MR) is 119 cm³/mol.